The fourth-order valence-corrected chi connectivity index (χ4v) is 4.39. The van der Waals surface area contributed by atoms with Crippen molar-refractivity contribution in [3.63, 3.8) is 0 Å². The number of amides is 1. The van der Waals surface area contributed by atoms with Gasteiger partial charge in [0.25, 0.3) is 5.91 Å². The minimum absolute atomic E-state index is 0.0496. The summed E-state index contributed by atoms with van der Waals surface area (Å²) in [5.74, 6) is 3.84. The first-order valence-electron chi connectivity index (χ1n) is 9.90. The van der Waals surface area contributed by atoms with Gasteiger partial charge in [-0.25, -0.2) is 0 Å². The van der Waals surface area contributed by atoms with E-state index in [2.05, 4.69) is 14.8 Å². The molecule has 1 amide bonds. The van der Waals surface area contributed by atoms with Crippen molar-refractivity contribution in [2.24, 2.45) is 0 Å². The van der Waals surface area contributed by atoms with Gasteiger partial charge in [-0.1, -0.05) is 6.42 Å². The molecule has 27 heavy (non-hydrogen) atoms. The number of ether oxygens (including phenoxy) is 2. The third-order valence-corrected chi connectivity index (χ3v) is 5.83. The van der Waals surface area contributed by atoms with Gasteiger partial charge in [0, 0.05) is 37.5 Å². The third kappa shape index (κ3) is 3.05. The van der Waals surface area contributed by atoms with Crippen molar-refractivity contribution in [1.82, 2.24) is 19.7 Å². The molecular weight excluding hydrogens is 344 g/mol. The molecule has 7 nitrogen and oxygen atoms in total. The Morgan fingerprint density at radius 2 is 1.96 bits per heavy atom. The molecule has 142 valence electrons. The lowest BCUT2D eigenvalue weighted by Crippen LogP contribution is -2.39. The summed E-state index contributed by atoms with van der Waals surface area (Å²) in [4.78, 5) is 15.0. The second kappa shape index (κ2) is 6.87. The molecule has 1 unspecified atom stereocenters. The number of carbonyl (C=O) groups excluding carboxylic acids is 1. The molecule has 0 radical (unpaired) electrons. The highest BCUT2D eigenvalue weighted by Gasteiger charge is 2.30. The first-order valence-corrected chi connectivity index (χ1v) is 9.90. The SMILES string of the molecule is O=C(c1ccc2c(c1)OCO2)N1CCCC(c2nnc3n2CCCCC3)C1. The molecule has 1 fully saturated rings. The number of aromatic nitrogens is 3. The summed E-state index contributed by atoms with van der Waals surface area (Å²) in [7, 11) is 0. The Hall–Kier alpha value is -2.57. The van der Waals surface area contributed by atoms with Crippen LogP contribution < -0.4 is 9.47 Å². The Morgan fingerprint density at radius 3 is 2.93 bits per heavy atom. The van der Waals surface area contributed by atoms with Crippen LogP contribution in [0.2, 0.25) is 0 Å². The molecule has 4 heterocycles. The maximum Gasteiger partial charge on any atom is 0.254 e. The molecule has 3 aliphatic heterocycles. The monoisotopic (exact) mass is 368 g/mol. The zero-order chi connectivity index (χ0) is 18.2. The van der Waals surface area contributed by atoms with Gasteiger partial charge in [-0.15, -0.1) is 10.2 Å². The second-order valence-corrected chi connectivity index (χ2v) is 7.60. The third-order valence-electron chi connectivity index (χ3n) is 5.83. The highest BCUT2D eigenvalue weighted by Crippen LogP contribution is 2.34. The second-order valence-electron chi connectivity index (χ2n) is 7.60. The zero-order valence-electron chi connectivity index (χ0n) is 15.4. The summed E-state index contributed by atoms with van der Waals surface area (Å²) in [6.45, 7) is 2.71. The van der Waals surface area contributed by atoms with Crippen LogP contribution >= 0.6 is 0 Å². The van der Waals surface area contributed by atoms with Crippen LogP contribution in [0.4, 0.5) is 0 Å². The van der Waals surface area contributed by atoms with Crippen LogP contribution in [-0.4, -0.2) is 45.5 Å². The topological polar surface area (TPSA) is 69.5 Å². The Bertz CT molecular complexity index is 863. The number of hydrogen-bond acceptors (Lipinski definition) is 5. The Labute approximate surface area is 158 Å². The number of likely N-dealkylation sites (tertiary alicyclic amines) is 1. The van der Waals surface area contributed by atoms with E-state index in [-0.39, 0.29) is 18.6 Å². The lowest BCUT2D eigenvalue weighted by atomic mass is 9.96. The van der Waals surface area contributed by atoms with E-state index in [1.165, 1.54) is 19.3 Å². The molecule has 3 aliphatic rings. The molecule has 5 rings (SSSR count). The van der Waals surface area contributed by atoms with Crippen LogP contribution in [0, 0.1) is 0 Å². The minimum atomic E-state index is 0.0496. The Morgan fingerprint density at radius 1 is 1.04 bits per heavy atom. The highest BCUT2D eigenvalue weighted by molar-refractivity contribution is 5.95. The molecule has 1 aromatic carbocycles. The highest BCUT2D eigenvalue weighted by atomic mass is 16.7. The molecule has 7 heteroatoms. The number of hydrogen-bond donors (Lipinski definition) is 0. The van der Waals surface area contributed by atoms with E-state index in [0.717, 1.165) is 44.0 Å². The largest absolute Gasteiger partial charge is 0.454 e. The molecule has 0 spiro atoms. The summed E-state index contributed by atoms with van der Waals surface area (Å²) in [6, 6.07) is 5.43. The molecule has 2 aromatic rings. The van der Waals surface area contributed by atoms with Gasteiger partial charge in [-0.05, 0) is 43.9 Å². The molecule has 1 saturated heterocycles. The Balaban J connectivity index is 1.35. The van der Waals surface area contributed by atoms with Gasteiger partial charge >= 0.3 is 0 Å². The van der Waals surface area contributed by atoms with E-state index < -0.39 is 0 Å². The van der Waals surface area contributed by atoms with E-state index in [9.17, 15) is 4.79 Å². The van der Waals surface area contributed by atoms with Crippen molar-refractivity contribution in [1.29, 1.82) is 0 Å². The predicted molar refractivity (Wildman–Crippen MR) is 98.0 cm³/mol. The number of piperidine rings is 1. The van der Waals surface area contributed by atoms with Gasteiger partial charge in [0.1, 0.15) is 11.6 Å². The van der Waals surface area contributed by atoms with Gasteiger partial charge in [-0.2, -0.15) is 0 Å². The van der Waals surface area contributed by atoms with Crippen molar-refractivity contribution < 1.29 is 14.3 Å². The van der Waals surface area contributed by atoms with Gasteiger partial charge in [0.2, 0.25) is 6.79 Å². The predicted octanol–water partition coefficient (Wildman–Crippen LogP) is 2.75. The first kappa shape index (κ1) is 16.6. The van der Waals surface area contributed by atoms with E-state index in [1.54, 1.807) is 6.07 Å². The van der Waals surface area contributed by atoms with Crippen LogP contribution in [0.3, 0.4) is 0 Å². The number of fused-ring (bicyclic) bond motifs is 2. The smallest absolute Gasteiger partial charge is 0.254 e. The van der Waals surface area contributed by atoms with E-state index >= 15 is 0 Å². The molecule has 0 aliphatic carbocycles. The van der Waals surface area contributed by atoms with Crippen molar-refractivity contribution in [3.05, 3.63) is 35.4 Å². The summed E-state index contributed by atoms with van der Waals surface area (Å²) >= 11 is 0. The fourth-order valence-electron chi connectivity index (χ4n) is 4.39. The molecular formula is C20H24N4O3. The molecule has 0 bridgehead atoms. The normalized spacial score (nSPS) is 21.6. The summed E-state index contributed by atoms with van der Waals surface area (Å²) < 4.78 is 13.1. The molecule has 0 N–H and O–H groups in total. The van der Waals surface area contributed by atoms with Crippen LogP contribution in [0.1, 0.15) is 60.0 Å². The Kier molecular flexibility index (Phi) is 4.22. The fraction of sp³-hybridized carbons (Fsp3) is 0.550. The van der Waals surface area contributed by atoms with Gasteiger partial charge in [0.05, 0.1) is 0 Å². The lowest BCUT2D eigenvalue weighted by molar-refractivity contribution is 0.0702. The molecule has 0 saturated carbocycles. The maximum atomic E-state index is 13.0. The number of benzene rings is 1. The standard InChI is InChI=1S/C20H24N4O3/c25-20(14-7-8-16-17(11-14)27-13-26-16)23-9-4-5-15(12-23)19-22-21-18-6-2-1-3-10-24(18)19/h7-8,11,15H,1-6,9-10,12-13H2. The maximum absolute atomic E-state index is 13.0. The quantitative estimate of drug-likeness (QED) is 0.815. The van der Waals surface area contributed by atoms with Crippen molar-refractivity contribution >= 4 is 5.91 Å². The van der Waals surface area contributed by atoms with Gasteiger partial charge in [0.15, 0.2) is 11.5 Å². The van der Waals surface area contributed by atoms with E-state index in [1.807, 2.05) is 17.0 Å². The molecule has 1 atom stereocenters. The number of carbonyl (C=O) groups is 1. The van der Waals surface area contributed by atoms with Crippen LogP contribution in [-0.2, 0) is 13.0 Å². The van der Waals surface area contributed by atoms with Crippen molar-refractivity contribution in [2.45, 2.75) is 51.0 Å². The first-order chi connectivity index (χ1) is 13.3. The summed E-state index contributed by atoms with van der Waals surface area (Å²) in [5.41, 5.74) is 0.653. The average molecular weight is 368 g/mol. The van der Waals surface area contributed by atoms with Gasteiger partial charge < -0.3 is 18.9 Å². The van der Waals surface area contributed by atoms with E-state index in [4.69, 9.17) is 9.47 Å². The van der Waals surface area contributed by atoms with Gasteiger partial charge in [-0.3, -0.25) is 4.79 Å². The average Bonchev–Trinajstić information content (AvgIpc) is 3.28. The summed E-state index contributed by atoms with van der Waals surface area (Å²) in [6.07, 6.45) is 6.69. The number of nitrogens with zero attached hydrogens (tertiary/aromatic N) is 4. The van der Waals surface area contributed by atoms with Crippen LogP contribution in [0.15, 0.2) is 18.2 Å². The lowest BCUT2D eigenvalue weighted by Gasteiger charge is -2.32. The van der Waals surface area contributed by atoms with Crippen molar-refractivity contribution in [3.8, 4) is 11.5 Å². The number of rotatable bonds is 2. The minimum Gasteiger partial charge on any atom is -0.454 e. The summed E-state index contributed by atoms with van der Waals surface area (Å²) in [5, 5.41) is 8.95. The zero-order valence-corrected chi connectivity index (χ0v) is 15.4. The van der Waals surface area contributed by atoms with Crippen LogP contribution in [0.25, 0.3) is 0 Å². The van der Waals surface area contributed by atoms with Crippen LogP contribution in [0.5, 0.6) is 11.5 Å². The van der Waals surface area contributed by atoms with Crippen molar-refractivity contribution in [2.75, 3.05) is 19.9 Å². The molecule has 1 aromatic heterocycles. The van der Waals surface area contributed by atoms with E-state index in [0.29, 0.717) is 23.6 Å². The number of aryl methyl sites for hydroxylation is 1.